The van der Waals surface area contributed by atoms with E-state index in [1.54, 1.807) is 12.3 Å². The third-order valence-electron chi connectivity index (χ3n) is 3.87. The van der Waals surface area contributed by atoms with E-state index in [1.807, 2.05) is 0 Å². The Morgan fingerprint density at radius 1 is 1.38 bits per heavy atom. The summed E-state index contributed by atoms with van der Waals surface area (Å²) in [5.74, 6) is 0.694. The monoisotopic (exact) mass is 310 g/mol. The minimum absolute atomic E-state index is 0.208. The Morgan fingerprint density at radius 2 is 2.10 bits per heavy atom. The number of esters is 1. The third kappa shape index (κ3) is 4.52. The van der Waals surface area contributed by atoms with Crippen LogP contribution in [-0.2, 0) is 4.74 Å². The van der Waals surface area contributed by atoms with Gasteiger partial charge in [-0.25, -0.2) is 9.78 Å². The first-order valence-electron chi connectivity index (χ1n) is 7.51. The molecule has 21 heavy (non-hydrogen) atoms. The number of thiazole rings is 1. The summed E-state index contributed by atoms with van der Waals surface area (Å²) in [7, 11) is 0. The Labute approximate surface area is 129 Å². The minimum Gasteiger partial charge on any atom is -0.461 e. The van der Waals surface area contributed by atoms with Gasteiger partial charge in [0.2, 0.25) is 5.01 Å². The van der Waals surface area contributed by atoms with E-state index in [4.69, 9.17) is 4.74 Å². The van der Waals surface area contributed by atoms with E-state index in [9.17, 15) is 9.59 Å². The molecule has 1 aliphatic rings. The first-order valence-corrected chi connectivity index (χ1v) is 8.39. The second-order valence-corrected chi connectivity index (χ2v) is 6.45. The van der Waals surface area contributed by atoms with Gasteiger partial charge in [0.1, 0.15) is 5.69 Å². The molecule has 116 valence electrons. The number of amides is 1. The second kappa shape index (κ2) is 7.54. The summed E-state index contributed by atoms with van der Waals surface area (Å²) in [5, 5.41) is 4.75. The van der Waals surface area contributed by atoms with Gasteiger partial charge in [-0.2, -0.15) is 0 Å². The van der Waals surface area contributed by atoms with Crippen LogP contribution in [0.25, 0.3) is 0 Å². The second-order valence-electron chi connectivity index (χ2n) is 5.59. The van der Waals surface area contributed by atoms with Crippen molar-refractivity contribution in [1.29, 1.82) is 0 Å². The summed E-state index contributed by atoms with van der Waals surface area (Å²) in [6.45, 7) is 5.02. The van der Waals surface area contributed by atoms with Gasteiger partial charge < -0.3 is 10.1 Å². The first kappa shape index (κ1) is 15.9. The summed E-state index contributed by atoms with van der Waals surface area (Å²) in [6, 6.07) is 0. The van der Waals surface area contributed by atoms with E-state index in [0.29, 0.717) is 24.8 Å². The summed E-state index contributed by atoms with van der Waals surface area (Å²) in [6.07, 6.45) is 4.83. The van der Waals surface area contributed by atoms with Crippen LogP contribution >= 0.6 is 11.3 Å². The number of nitrogens with zero attached hydrogens (tertiary/aromatic N) is 1. The van der Waals surface area contributed by atoms with Crippen LogP contribution in [0.4, 0.5) is 0 Å². The molecule has 1 aromatic rings. The van der Waals surface area contributed by atoms with E-state index in [1.165, 1.54) is 25.7 Å². The van der Waals surface area contributed by atoms with Crippen molar-refractivity contribution in [2.75, 3.05) is 13.2 Å². The molecule has 6 heteroatoms. The van der Waals surface area contributed by atoms with Crippen molar-refractivity contribution >= 4 is 23.2 Å². The first-order chi connectivity index (χ1) is 10.1. The van der Waals surface area contributed by atoms with E-state index >= 15 is 0 Å². The van der Waals surface area contributed by atoms with E-state index < -0.39 is 5.97 Å². The highest BCUT2D eigenvalue weighted by atomic mass is 32.1. The van der Waals surface area contributed by atoms with Crippen LogP contribution in [0.3, 0.4) is 0 Å². The summed E-state index contributed by atoms with van der Waals surface area (Å²) in [5.41, 5.74) is 0.298. The van der Waals surface area contributed by atoms with Gasteiger partial charge >= 0.3 is 5.97 Å². The molecular weight excluding hydrogens is 288 g/mol. The molecule has 0 saturated heterocycles. The lowest BCUT2D eigenvalue weighted by Gasteiger charge is -2.26. The van der Waals surface area contributed by atoms with Crippen molar-refractivity contribution in [3.63, 3.8) is 0 Å². The molecule has 1 saturated carbocycles. The Morgan fingerprint density at radius 3 is 2.76 bits per heavy atom. The predicted octanol–water partition coefficient (Wildman–Crippen LogP) is 2.88. The van der Waals surface area contributed by atoms with Crippen molar-refractivity contribution in [3.8, 4) is 0 Å². The summed E-state index contributed by atoms with van der Waals surface area (Å²) in [4.78, 5) is 27.6. The number of aromatic nitrogens is 1. The van der Waals surface area contributed by atoms with Crippen molar-refractivity contribution in [2.24, 2.45) is 11.8 Å². The molecule has 0 atom stereocenters. The van der Waals surface area contributed by atoms with E-state index in [0.717, 1.165) is 17.3 Å². The van der Waals surface area contributed by atoms with Crippen molar-refractivity contribution in [2.45, 2.75) is 39.5 Å². The fourth-order valence-electron chi connectivity index (χ4n) is 2.53. The number of ether oxygens (including phenoxy) is 1. The Balaban J connectivity index is 1.82. The summed E-state index contributed by atoms with van der Waals surface area (Å²) >= 11 is 1.14. The van der Waals surface area contributed by atoms with Gasteiger partial charge in [0.25, 0.3) is 5.91 Å². The third-order valence-corrected chi connectivity index (χ3v) is 4.70. The average Bonchev–Trinajstić information content (AvgIpc) is 2.96. The molecule has 1 aliphatic carbocycles. The van der Waals surface area contributed by atoms with Crippen LogP contribution in [0.1, 0.15) is 59.8 Å². The lowest BCUT2D eigenvalue weighted by atomic mass is 9.83. The highest BCUT2D eigenvalue weighted by molar-refractivity contribution is 7.11. The molecule has 1 aromatic heterocycles. The Bertz CT molecular complexity index is 493. The Kier molecular flexibility index (Phi) is 5.73. The molecule has 0 bridgehead atoms. The molecule has 0 radical (unpaired) electrons. The minimum atomic E-state index is -0.470. The number of hydrogen-bond acceptors (Lipinski definition) is 5. The standard InChI is InChI=1S/C15H22N2O3S/c1-3-20-15(19)14-17-12(9-21-14)13(18)16-8-11-6-4-10(2)5-7-11/h9-11H,3-8H2,1-2H3,(H,16,18). The highest BCUT2D eigenvalue weighted by Crippen LogP contribution is 2.27. The molecule has 1 fully saturated rings. The van der Waals surface area contributed by atoms with E-state index in [-0.39, 0.29) is 10.9 Å². The normalized spacial score (nSPS) is 21.8. The molecule has 1 amide bonds. The molecule has 5 nitrogen and oxygen atoms in total. The largest absolute Gasteiger partial charge is 0.461 e. The maximum absolute atomic E-state index is 12.0. The molecule has 1 heterocycles. The lowest BCUT2D eigenvalue weighted by Crippen LogP contribution is -2.31. The van der Waals surface area contributed by atoms with Crippen molar-refractivity contribution < 1.29 is 14.3 Å². The maximum Gasteiger partial charge on any atom is 0.367 e. The zero-order valence-corrected chi connectivity index (χ0v) is 13.4. The fraction of sp³-hybridized carbons (Fsp3) is 0.667. The number of carbonyl (C=O) groups is 2. The summed E-state index contributed by atoms with van der Waals surface area (Å²) < 4.78 is 4.86. The zero-order valence-electron chi connectivity index (χ0n) is 12.6. The molecule has 2 rings (SSSR count). The SMILES string of the molecule is CCOC(=O)c1nc(C(=O)NCC2CCC(C)CC2)cs1. The number of hydrogen-bond donors (Lipinski definition) is 1. The van der Waals surface area contributed by atoms with Gasteiger partial charge in [0.05, 0.1) is 6.61 Å². The van der Waals surface area contributed by atoms with Gasteiger partial charge in [0.15, 0.2) is 0 Å². The van der Waals surface area contributed by atoms with Crippen LogP contribution in [0.5, 0.6) is 0 Å². The quantitative estimate of drug-likeness (QED) is 0.849. The Hall–Kier alpha value is -1.43. The zero-order chi connectivity index (χ0) is 15.2. The maximum atomic E-state index is 12.0. The van der Waals surface area contributed by atoms with Gasteiger partial charge in [-0.15, -0.1) is 11.3 Å². The van der Waals surface area contributed by atoms with Gasteiger partial charge in [-0.05, 0) is 31.6 Å². The molecule has 0 unspecified atom stereocenters. The van der Waals surface area contributed by atoms with Crippen LogP contribution in [0.2, 0.25) is 0 Å². The van der Waals surface area contributed by atoms with Crippen LogP contribution in [-0.4, -0.2) is 30.0 Å². The molecule has 0 aromatic carbocycles. The van der Waals surface area contributed by atoms with Gasteiger partial charge in [-0.1, -0.05) is 19.8 Å². The lowest BCUT2D eigenvalue weighted by molar-refractivity contribution is 0.0526. The molecule has 0 spiro atoms. The van der Waals surface area contributed by atoms with Gasteiger partial charge in [0, 0.05) is 11.9 Å². The topological polar surface area (TPSA) is 68.3 Å². The number of carbonyl (C=O) groups excluding carboxylic acids is 2. The fourth-order valence-corrected chi connectivity index (χ4v) is 3.21. The highest BCUT2D eigenvalue weighted by Gasteiger charge is 2.20. The van der Waals surface area contributed by atoms with Crippen LogP contribution in [0.15, 0.2) is 5.38 Å². The molecule has 1 N–H and O–H groups in total. The molecule has 0 aliphatic heterocycles. The van der Waals surface area contributed by atoms with Crippen molar-refractivity contribution in [3.05, 3.63) is 16.1 Å². The smallest absolute Gasteiger partial charge is 0.367 e. The number of rotatable bonds is 5. The molecular formula is C15H22N2O3S. The number of nitrogens with one attached hydrogen (secondary N) is 1. The predicted molar refractivity (Wildman–Crippen MR) is 81.5 cm³/mol. The van der Waals surface area contributed by atoms with Crippen LogP contribution < -0.4 is 5.32 Å². The average molecular weight is 310 g/mol. The van der Waals surface area contributed by atoms with E-state index in [2.05, 4.69) is 17.2 Å². The van der Waals surface area contributed by atoms with Crippen molar-refractivity contribution in [1.82, 2.24) is 10.3 Å². The van der Waals surface area contributed by atoms with Crippen LogP contribution in [0, 0.1) is 11.8 Å². The van der Waals surface area contributed by atoms with Gasteiger partial charge in [-0.3, -0.25) is 4.79 Å².